The van der Waals surface area contributed by atoms with Gasteiger partial charge in [-0.2, -0.15) is 0 Å². The molecule has 22 heteroatoms. The molecule has 0 aliphatic heterocycles. The van der Waals surface area contributed by atoms with E-state index in [9.17, 15) is 48.1 Å². The van der Waals surface area contributed by atoms with Gasteiger partial charge >= 0.3 is 19.8 Å². The maximum atomic E-state index is 14.2. The number of nitrogens with two attached hydrogens (primary N) is 1. The zero-order valence-electron chi connectivity index (χ0n) is 54.9. The number of phosphoric ester groups is 1. The van der Waals surface area contributed by atoms with Gasteiger partial charge in [-0.3, -0.25) is 42.6 Å². The van der Waals surface area contributed by atoms with Crippen molar-refractivity contribution in [1.29, 1.82) is 0 Å². The molecule has 1 aromatic heterocycles. The van der Waals surface area contributed by atoms with Gasteiger partial charge in [0, 0.05) is 42.9 Å². The van der Waals surface area contributed by atoms with Crippen molar-refractivity contribution in [3.63, 3.8) is 0 Å². The van der Waals surface area contributed by atoms with Gasteiger partial charge < -0.3 is 56.8 Å². The smallest absolute Gasteiger partial charge is 0.472 e. The van der Waals surface area contributed by atoms with Gasteiger partial charge in [0.05, 0.1) is 25.8 Å². The molecule has 6 atom stereocenters. The lowest BCUT2D eigenvalue weighted by Crippen LogP contribution is -2.56. The number of fused-ring (bicyclic) bond motifs is 1. The fraction of sp³-hybridized carbons (Fsp3) is 0.691. The van der Waals surface area contributed by atoms with E-state index in [-0.39, 0.29) is 56.9 Å². The number of para-hydroxylation sites is 1. The first-order valence-electron chi connectivity index (χ1n) is 33.8. The zero-order chi connectivity index (χ0) is 65.8. The average molecular weight is 1280 g/mol. The number of unbranched alkanes of at least 4 members (excludes halogenated alkanes) is 24. The molecule has 3 aromatic rings. The molecule has 10 N–H and O–H groups in total. The molecule has 0 bridgehead atoms. The number of H-pyrrole nitrogens is 1. The highest BCUT2D eigenvalue weighted by molar-refractivity contribution is 7.47. The largest absolute Gasteiger partial charge is 0.508 e. The van der Waals surface area contributed by atoms with Gasteiger partial charge in [0.1, 0.15) is 30.5 Å². The van der Waals surface area contributed by atoms with Crippen molar-refractivity contribution in [1.82, 2.24) is 31.6 Å². The SMILES string of the molecule is CCCCCCCCCCCCCCCC(=O)OCC(COP(=O)(O)OCCNC(=O)[C@H](CC(C)C)NC(=O)[C@H](Cc1c[nH]c2ccccc12)NC(=O)CNC(=O)[C@@H](C)NC(=O)[C@@H](N)Cc1ccc(O)cc1)OC(=O)CCCCCCCCCCCCCCC. The first-order valence-corrected chi connectivity index (χ1v) is 35.3. The Hall–Kier alpha value is -5.86. The molecule has 1 heterocycles. The number of carbonyl (C=O) groups excluding carboxylic acids is 7. The first-order chi connectivity index (χ1) is 43.3. The molecule has 0 radical (unpaired) electrons. The summed E-state index contributed by atoms with van der Waals surface area (Å²) < 4.78 is 34.8. The van der Waals surface area contributed by atoms with Gasteiger partial charge in [0.15, 0.2) is 6.10 Å². The highest BCUT2D eigenvalue weighted by atomic mass is 31.2. The molecule has 0 aliphatic rings. The normalized spacial score (nSPS) is 13.8. The van der Waals surface area contributed by atoms with Gasteiger partial charge in [0.25, 0.3) is 0 Å². The van der Waals surface area contributed by atoms with Crippen LogP contribution in [0.25, 0.3) is 10.9 Å². The van der Waals surface area contributed by atoms with Crippen molar-refractivity contribution < 1.29 is 66.6 Å². The number of amides is 5. The summed E-state index contributed by atoms with van der Waals surface area (Å²) in [6.45, 7) is 7.23. The summed E-state index contributed by atoms with van der Waals surface area (Å²) in [5, 5.41) is 23.4. The van der Waals surface area contributed by atoms with Gasteiger partial charge in [-0.25, -0.2) is 4.57 Å². The third-order valence-corrected chi connectivity index (χ3v) is 16.8. The van der Waals surface area contributed by atoms with Crippen LogP contribution in [-0.2, 0) is 69.5 Å². The van der Waals surface area contributed by atoms with Crippen LogP contribution in [-0.4, -0.2) is 120 Å². The predicted molar refractivity (Wildman–Crippen MR) is 352 cm³/mol. The van der Waals surface area contributed by atoms with Gasteiger partial charge in [0.2, 0.25) is 29.5 Å². The third kappa shape index (κ3) is 36.3. The highest BCUT2D eigenvalue weighted by Gasteiger charge is 2.31. The summed E-state index contributed by atoms with van der Waals surface area (Å²) in [6, 6.07) is 9.09. The van der Waals surface area contributed by atoms with Crippen LogP contribution < -0.4 is 32.3 Å². The molecule has 2 unspecified atom stereocenters. The molecular weight excluding hydrogens is 1170 g/mol. The highest BCUT2D eigenvalue weighted by Crippen LogP contribution is 2.43. The second-order valence-corrected chi connectivity index (χ2v) is 25.9. The zero-order valence-corrected chi connectivity index (χ0v) is 55.8. The fourth-order valence-corrected chi connectivity index (χ4v) is 11.3. The Morgan fingerprint density at radius 1 is 0.578 bits per heavy atom. The molecule has 0 saturated heterocycles. The summed E-state index contributed by atoms with van der Waals surface area (Å²) in [7, 11) is -4.83. The first kappa shape index (κ1) is 78.4. The Morgan fingerprint density at radius 3 is 1.67 bits per heavy atom. The summed E-state index contributed by atoms with van der Waals surface area (Å²) in [5.41, 5.74) is 8.25. The van der Waals surface area contributed by atoms with Gasteiger partial charge in [-0.05, 0) is 67.9 Å². The maximum Gasteiger partial charge on any atom is 0.472 e. The molecule has 3 rings (SSSR count). The van der Waals surface area contributed by atoms with E-state index in [0.717, 1.165) is 55.8 Å². The van der Waals surface area contributed by atoms with Crippen LogP contribution in [0.4, 0.5) is 0 Å². The van der Waals surface area contributed by atoms with Crippen LogP contribution in [0.15, 0.2) is 54.7 Å². The van der Waals surface area contributed by atoms with E-state index in [0.29, 0.717) is 24.0 Å². The summed E-state index contributed by atoms with van der Waals surface area (Å²) >= 11 is 0. The van der Waals surface area contributed by atoms with E-state index in [4.69, 9.17) is 24.3 Å². The number of phosphoric acid groups is 1. The van der Waals surface area contributed by atoms with Crippen molar-refractivity contribution in [2.75, 3.05) is 32.9 Å². The Bertz CT molecular complexity index is 2570. The van der Waals surface area contributed by atoms with Crippen molar-refractivity contribution in [2.45, 2.75) is 264 Å². The van der Waals surface area contributed by atoms with Crippen molar-refractivity contribution in [3.05, 3.63) is 65.9 Å². The number of phenolic OH excluding ortho intramolecular Hbond substituents is 1. The molecule has 90 heavy (non-hydrogen) atoms. The number of carbonyl (C=O) groups is 7. The lowest BCUT2D eigenvalue weighted by molar-refractivity contribution is -0.161. The quantitative estimate of drug-likeness (QED) is 0.0144. The Labute approximate surface area is 536 Å². The van der Waals surface area contributed by atoms with Gasteiger partial charge in [-0.15, -0.1) is 0 Å². The van der Waals surface area contributed by atoms with Crippen LogP contribution in [0, 0.1) is 5.92 Å². The van der Waals surface area contributed by atoms with Crippen LogP contribution in [0.3, 0.4) is 0 Å². The Morgan fingerprint density at radius 2 is 1.11 bits per heavy atom. The van der Waals surface area contributed by atoms with Crippen LogP contribution in [0.5, 0.6) is 5.75 Å². The van der Waals surface area contributed by atoms with E-state index < -0.39 is 99.3 Å². The number of esters is 2. The number of benzene rings is 2. The standard InChI is InChI=1S/C68H112N7O14P/c1-6-8-10-12-14-16-18-20-22-24-26-28-30-36-63(78)86-49-56(89-64(79)37-31-29-27-25-23-21-19-17-15-13-11-9-7-2)50-88-90(84,85)87-43-42-70-67(82)60(44-51(3)4)75-68(83)61(46-54-47-71-59-35-33-32-34-57(54)59)74-62(77)48-72-65(80)52(5)73-66(81)58(69)45-53-38-40-55(76)41-39-53/h32-35,38-41,47,51-52,56,58,60-61,71,76H,6-31,36-37,42-46,48-50,69H2,1-5H3,(H,70,82)(H,72,80)(H,73,81)(H,74,77)(H,75,83)(H,84,85)/t52-,56?,58+,60+,61+/m1/s1. The summed E-state index contributed by atoms with van der Waals surface area (Å²) in [4.78, 5) is 107. The lowest BCUT2D eigenvalue weighted by Gasteiger charge is -2.24. The van der Waals surface area contributed by atoms with E-state index in [1.807, 2.05) is 38.1 Å². The molecule has 0 aliphatic carbocycles. The Balaban J connectivity index is 1.54. The molecule has 0 saturated carbocycles. The van der Waals surface area contributed by atoms with E-state index in [2.05, 4.69) is 45.4 Å². The monoisotopic (exact) mass is 1280 g/mol. The maximum absolute atomic E-state index is 14.2. The van der Waals surface area contributed by atoms with E-state index in [1.165, 1.54) is 128 Å². The molecule has 508 valence electrons. The predicted octanol–water partition coefficient (Wildman–Crippen LogP) is 11.3. The minimum atomic E-state index is -4.83. The second kappa shape index (κ2) is 47.1. The van der Waals surface area contributed by atoms with E-state index >= 15 is 0 Å². The van der Waals surface area contributed by atoms with Crippen molar-refractivity contribution in [2.24, 2.45) is 11.7 Å². The van der Waals surface area contributed by atoms with Gasteiger partial charge in [-0.1, -0.05) is 212 Å². The summed E-state index contributed by atoms with van der Waals surface area (Å²) in [5.74, 6) is -4.46. The molecular formula is C68H112N7O14P. The number of phenols is 1. The molecule has 0 spiro atoms. The number of hydrogen-bond acceptors (Lipinski definition) is 14. The van der Waals surface area contributed by atoms with Crippen LogP contribution in [0.2, 0.25) is 0 Å². The minimum absolute atomic E-state index is 0.0158. The number of rotatable bonds is 53. The number of ether oxygens (including phenoxy) is 2. The van der Waals surface area contributed by atoms with Crippen LogP contribution >= 0.6 is 7.82 Å². The second-order valence-electron chi connectivity index (χ2n) is 24.5. The summed E-state index contributed by atoms with van der Waals surface area (Å²) in [6.07, 6.45) is 31.2. The molecule has 5 amide bonds. The van der Waals surface area contributed by atoms with Crippen molar-refractivity contribution in [3.8, 4) is 5.75 Å². The molecule has 2 aromatic carbocycles. The van der Waals surface area contributed by atoms with E-state index in [1.54, 1.807) is 18.3 Å². The fourth-order valence-electron chi connectivity index (χ4n) is 10.5. The average Bonchev–Trinajstić information content (AvgIpc) is 1.80. The Kier molecular flexibility index (Phi) is 41.0. The topological polar surface area (TPSA) is 316 Å². The number of hydrogen-bond donors (Lipinski definition) is 9. The number of aromatic hydroxyl groups is 1. The lowest BCUT2D eigenvalue weighted by atomic mass is 10.0. The molecule has 0 fully saturated rings. The van der Waals surface area contributed by atoms with Crippen molar-refractivity contribution >= 4 is 60.2 Å². The van der Waals surface area contributed by atoms with Crippen LogP contribution in [0.1, 0.15) is 232 Å². The number of nitrogens with one attached hydrogen (secondary N) is 6. The number of aromatic nitrogens is 1. The third-order valence-electron chi connectivity index (χ3n) is 15.8. The number of aromatic amines is 1. The molecule has 21 nitrogen and oxygen atoms in total. The minimum Gasteiger partial charge on any atom is -0.508 e.